The molecule has 1 saturated heterocycles. The number of nitrogens with one attached hydrogen (secondary N) is 2. The van der Waals surface area contributed by atoms with Crippen molar-refractivity contribution < 1.29 is 4.79 Å². The summed E-state index contributed by atoms with van der Waals surface area (Å²) in [6.45, 7) is 6.96. The highest BCUT2D eigenvalue weighted by molar-refractivity contribution is 5.85. The Balaban J connectivity index is 0.00000180. The third-order valence-corrected chi connectivity index (χ3v) is 4.26. The lowest BCUT2D eigenvalue weighted by Gasteiger charge is -2.30. The van der Waals surface area contributed by atoms with Crippen LogP contribution in [0.5, 0.6) is 0 Å². The molecule has 1 heterocycles. The molecule has 112 valence electrons. The second-order valence-corrected chi connectivity index (χ2v) is 5.82. The number of hydrogen-bond donors (Lipinski definition) is 2. The van der Waals surface area contributed by atoms with Gasteiger partial charge in [-0.3, -0.25) is 9.69 Å². The van der Waals surface area contributed by atoms with Gasteiger partial charge in [-0.2, -0.15) is 0 Å². The highest BCUT2D eigenvalue weighted by atomic mass is 35.5. The van der Waals surface area contributed by atoms with Gasteiger partial charge in [0.15, 0.2) is 0 Å². The summed E-state index contributed by atoms with van der Waals surface area (Å²) >= 11 is 0. The first kappa shape index (κ1) is 16.7. The molecule has 2 rings (SSSR count). The number of hydrogen-bond acceptors (Lipinski definition) is 3. The van der Waals surface area contributed by atoms with Crippen molar-refractivity contribution in [1.29, 1.82) is 0 Å². The van der Waals surface area contributed by atoms with Crippen LogP contribution < -0.4 is 10.6 Å². The van der Waals surface area contributed by atoms with E-state index >= 15 is 0 Å². The van der Waals surface area contributed by atoms with Crippen molar-refractivity contribution in [3.05, 3.63) is 0 Å². The first-order valence-corrected chi connectivity index (χ1v) is 7.48. The van der Waals surface area contributed by atoms with Crippen molar-refractivity contribution in [1.82, 2.24) is 15.5 Å². The van der Waals surface area contributed by atoms with E-state index in [1.165, 1.54) is 19.3 Å². The molecule has 0 aromatic heterocycles. The molecular weight excluding hydrogens is 262 g/mol. The Morgan fingerprint density at radius 2 is 2.00 bits per heavy atom. The summed E-state index contributed by atoms with van der Waals surface area (Å²) in [6, 6.07) is 0.413. The number of rotatable bonds is 3. The molecule has 0 radical (unpaired) electrons. The van der Waals surface area contributed by atoms with Crippen LogP contribution in [0.4, 0.5) is 0 Å². The standard InChI is InChI=1S/C14H27N3O.ClH/c1-12-5-2-3-6-13(12)16-14(18)11-17-9-4-7-15-8-10-17;/h12-13,15H,2-11H2,1H3,(H,16,18);1H. The Bertz CT molecular complexity index is 267. The average Bonchev–Trinajstić information content (AvgIpc) is 2.61. The fraction of sp³-hybridized carbons (Fsp3) is 0.929. The first-order valence-electron chi connectivity index (χ1n) is 7.48. The van der Waals surface area contributed by atoms with Crippen LogP contribution in [0.3, 0.4) is 0 Å². The lowest BCUT2D eigenvalue weighted by Crippen LogP contribution is -2.46. The van der Waals surface area contributed by atoms with Crippen molar-refractivity contribution in [2.24, 2.45) is 5.92 Å². The largest absolute Gasteiger partial charge is 0.352 e. The summed E-state index contributed by atoms with van der Waals surface area (Å²) in [7, 11) is 0. The van der Waals surface area contributed by atoms with Gasteiger partial charge in [-0.15, -0.1) is 12.4 Å². The molecule has 0 aromatic rings. The minimum Gasteiger partial charge on any atom is -0.352 e. The zero-order valence-corrected chi connectivity index (χ0v) is 12.8. The smallest absolute Gasteiger partial charge is 0.234 e. The first-order chi connectivity index (χ1) is 8.75. The molecule has 0 aromatic carbocycles. The van der Waals surface area contributed by atoms with Crippen molar-refractivity contribution >= 4 is 18.3 Å². The zero-order chi connectivity index (χ0) is 12.8. The van der Waals surface area contributed by atoms with Crippen LogP contribution >= 0.6 is 12.4 Å². The normalized spacial score (nSPS) is 29.1. The third-order valence-electron chi connectivity index (χ3n) is 4.26. The van der Waals surface area contributed by atoms with E-state index in [9.17, 15) is 4.79 Å². The van der Waals surface area contributed by atoms with Crippen LogP contribution in [0.1, 0.15) is 39.0 Å². The monoisotopic (exact) mass is 289 g/mol. The fourth-order valence-electron chi connectivity index (χ4n) is 3.05. The lowest BCUT2D eigenvalue weighted by atomic mass is 9.86. The van der Waals surface area contributed by atoms with E-state index in [1.807, 2.05) is 0 Å². The minimum absolute atomic E-state index is 0. The predicted octanol–water partition coefficient (Wildman–Crippen LogP) is 1.40. The van der Waals surface area contributed by atoms with E-state index < -0.39 is 0 Å². The van der Waals surface area contributed by atoms with Gasteiger partial charge in [0, 0.05) is 19.1 Å². The molecule has 19 heavy (non-hydrogen) atoms. The van der Waals surface area contributed by atoms with Gasteiger partial charge < -0.3 is 10.6 Å². The van der Waals surface area contributed by atoms with E-state index in [0.717, 1.165) is 39.0 Å². The summed E-state index contributed by atoms with van der Waals surface area (Å²) in [4.78, 5) is 14.3. The average molecular weight is 290 g/mol. The van der Waals surface area contributed by atoms with Gasteiger partial charge in [0.05, 0.1) is 6.54 Å². The molecular formula is C14H28ClN3O. The quantitative estimate of drug-likeness (QED) is 0.825. The third kappa shape index (κ3) is 5.67. The molecule has 1 amide bonds. The SMILES string of the molecule is CC1CCCCC1NC(=O)CN1CCCNCC1.Cl. The fourth-order valence-corrected chi connectivity index (χ4v) is 3.05. The number of halogens is 1. The molecule has 2 fully saturated rings. The Kier molecular flexibility index (Phi) is 7.73. The van der Waals surface area contributed by atoms with E-state index in [0.29, 0.717) is 18.5 Å². The number of nitrogens with zero attached hydrogens (tertiary/aromatic N) is 1. The minimum atomic E-state index is 0. The summed E-state index contributed by atoms with van der Waals surface area (Å²) in [6.07, 6.45) is 6.16. The van der Waals surface area contributed by atoms with Crippen LogP contribution in [0.15, 0.2) is 0 Å². The summed E-state index contributed by atoms with van der Waals surface area (Å²) in [5.41, 5.74) is 0. The van der Waals surface area contributed by atoms with E-state index in [2.05, 4.69) is 22.5 Å². The Morgan fingerprint density at radius 3 is 2.79 bits per heavy atom. The lowest BCUT2D eigenvalue weighted by molar-refractivity contribution is -0.123. The second kappa shape index (κ2) is 8.77. The Morgan fingerprint density at radius 1 is 1.21 bits per heavy atom. The maximum absolute atomic E-state index is 12.1. The van der Waals surface area contributed by atoms with Crippen LogP contribution in [-0.2, 0) is 4.79 Å². The van der Waals surface area contributed by atoms with Crippen LogP contribution in [0.25, 0.3) is 0 Å². The molecule has 1 aliphatic carbocycles. The molecule has 0 bridgehead atoms. The van der Waals surface area contributed by atoms with Crippen molar-refractivity contribution in [2.45, 2.75) is 45.1 Å². The molecule has 0 spiro atoms. The number of carbonyl (C=O) groups is 1. The van der Waals surface area contributed by atoms with Crippen molar-refractivity contribution in [2.75, 3.05) is 32.7 Å². The molecule has 4 nitrogen and oxygen atoms in total. The molecule has 5 heteroatoms. The van der Waals surface area contributed by atoms with Gasteiger partial charge in [0.25, 0.3) is 0 Å². The maximum Gasteiger partial charge on any atom is 0.234 e. The van der Waals surface area contributed by atoms with Gasteiger partial charge >= 0.3 is 0 Å². The molecule has 2 unspecified atom stereocenters. The topological polar surface area (TPSA) is 44.4 Å². The molecule has 1 saturated carbocycles. The van der Waals surface area contributed by atoms with E-state index in [-0.39, 0.29) is 18.3 Å². The summed E-state index contributed by atoms with van der Waals surface area (Å²) in [5.74, 6) is 0.865. The second-order valence-electron chi connectivity index (χ2n) is 5.82. The molecule has 2 atom stereocenters. The van der Waals surface area contributed by atoms with Gasteiger partial charge in [-0.25, -0.2) is 0 Å². The molecule has 2 N–H and O–H groups in total. The molecule has 1 aliphatic heterocycles. The zero-order valence-electron chi connectivity index (χ0n) is 12.0. The van der Waals surface area contributed by atoms with Gasteiger partial charge in [0.2, 0.25) is 5.91 Å². The van der Waals surface area contributed by atoms with Crippen LogP contribution in [0, 0.1) is 5.92 Å². The van der Waals surface area contributed by atoms with Crippen LogP contribution in [-0.4, -0.2) is 49.6 Å². The summed E-state index contributed by atoms with van der Waals surface area (Å²) in [5, 5.41) is 6.60. The van der Waals surface area contributed by atoms with E-state index in [1.54, 1.807) is 0 Å². The van der Waals surface area contributed by atoms with Gasteiger partial charge in [-0.1, -0.05) is 19.8 Å². The molecule has 2 aliphatic rings. The Labute approximate surface area is 123 Å². The number of carbonyl (C=O) groups excluding carboxylic acids is 1. The highest BCUT2D eigenvalue weighted by Crippen LogP contribution is 2.23. The summed E-state index contributed by atoms with van der Waals surface area (Å²) < 4.78 is 0. The van der Waals surface area contributed by atoms with Crippen LogP contribution in [0.2, 0.25) is 0 Å². The van der Waals surface area contributed by atoms with E-state index in [4.69, 9.17) is 0 Å². The highest BCUT2D eigenvalue weighted by Gasteiger charge is 2.23. The Hall–Kier alpha value is -0.320. The van der Waals surface area contributed by atoms with Gasteiger partial charge in [-0.05, 0) is 38.3 Å². The van der Waals surface area contributed by atoms with Crippen molar-refractivity contribution in [3.63, 3.8) is 0 Å². The maximum atomic E-state index is 12.1. The van der Waals surface area contributed by atoms with Crippen molar-refractivity contribution in [3.8, 4) is 0 Å². The number of amides is 1. The predicted molar refractivity (Wildman–Crippen MR) is 80.7 cm³/mol. The van der Waals surface area contributed by atoms with Gasteiger partial charge in [0.1, 0.15) is 0 Å².